The lowest BCUT2D eigenvalue weighted by molar-refractivity contribution is 0.353. The Labute approximate surface area is 155 Å². The first-order valence-electron chi connectivity index (χ1n) is 8.37. The standard InChI is InChI=1S/C20H17N5O2/c1-25(2)11-14-7-8-17(27-14)18-15(9-21)19(12-3-5-13(26)6-4-12)23-20-16(18)10-22-24-20/h3-8,10,26H,11H2,1-2H3,(H,22,23,24). The number of fused-ring (bicyclic) bond motifs is 1. The fourth-order valence-electron chi connectivity index (χ4n) is 3.07. The van der Waals surface area contributed by atoms with E-state index in [2.05, 4.69) is 21.3 Å². The molecule has 3 heterocycles. The molecule has 4 aromatic rings. The van der Waals surface area contributed by atoms with Gasteiger partial charge in [0.25, 0.3) is 0 Å². The minimum Gasteiger partial charge on any atom is -0.508 e. The van der Waals surface area contributed by atoms with Gasteiger partial charge in [-0.25, -0.2) is 4.98 Å². The van der Waals surface area contributed by atoms with Crippen LogP contribution < -0.4 is 0 Å². The third kappa shape index (κ3) is 3.03. The molecule has 7 nitrogen and oxygen atoms in total. The van der Waals surface area contributed by atoms with Crippen LogP contribution in [0.15, 0.2) is 47.0 Å². The Morgan fingerprint density at radius 2 is 1.96 bits per heavy atom. The summed E-state index contributed by atoms with van der Waals surface area (Å²) >= 11 is 0. The molecule has 0 aliphatic rings. The monoisotopic (exact) mass is 359 g/mol. The van der Waals surface area contributed by atoms with Crippen molar-refractivity contribution in [1.29, 1.82) is 5.26 Å². The Balaban J connectivity index is 1.96. The van der Waals surface area contributed by atoms with E-state index in [1.807, 2.05) is 31.1 Å². The zero-order chi connectivity index (χ0) is 19.0. The van der Waals surface area contributed by atoms with Crippen LogP contribution in [0.2, 0.25) is 0 Å². The van der Waals surface area contributed by atoms with Crippen LogP contribution in [-0.2, 0) is 6.54 Å². The molecule has 0 unspecified atom stereocenters. The van der Waals surface area contributed by atoms with Crippen LogP contribution in [0.5, 0.6) is 5.75 Å². The van der Waals surface area contributed by atoms with Crippen LogP contribution >= 0.6 is 0 Å². The fraction of sp³-hybridized carbons (Fsp3) is 0.150. The fourth-order valence-corrected chi connectivity index (χ4v) is 3.07. The minimum absolute atomic E-state index is 0.152. The Kier molecular flexibility index (Phi) is 4.11. The summed E-state index contributed by atoms with van der Waals surface area (Å²) in [4.78, 5) is 6.58. The Morgan fingerprint density at radius 3 is 2.67 bits per heavy atom. The number of nitrogens with one attached hydrogen (secondary N) is 1. The number of phenolic OH excluding ortho intramolecular Hbond substituents is 1. The summed E-state index contributed by atoms with van der Waals surface area (Å²) in [6.07, 6.45) is 1.65. The first kappa shape index (κ1) is 16.8. The van der Waals surface area contributed by atoms with Gasteiger partial charge in [-0.1, -0.05) is 0 Å². The lowest BCUT2D eigenvalue weighted by Gasteiger charge is -2.10. The van der Waals surface area contributed by atoms with Crippen LogP contribution in [-0.4, -0.2) is 39.3 Å². The molecule has 0 spiro atoms. The summed E-state index contributed by atoms with van der Waals surface area (Å²) in [6.45, 7) is 0.659. The molecule has 1 aromatic carbocycles. The lowest BCUT2D eigenvalue weighted by atomic mass is 9.98. The van der Waals surface area contributed by atoms with E-state index in [0.29, 0.717) is 34.8 Å². The summed E-state index contributed by atoms with van der Waals surface area (Å²) in [5.74, 6) is 1.55. The van der Waals surface area contributed by atoms with Crippen LogP contribution in [0, 0.1) is 11.3 Å². The highest BCUT2D eigenvalue weighted by atomic mass is 16.3. The molecule has 4 rings (SSSR count). The van der Waals surface area contributed by atoms with Gasteiger partial charge in [0.15, 0.2) is 5.65 Å². The van der Waals surface area contributed by atoms with E-state index in [1.165, 1.54) is 0 Å². The zero-order valence-electron chi connectivity index (χ0n) is 14.9. The van der Waals surface area contributed by atoms with E-state index in [4.69, 9.17) is 4.42 Å². The molecule has 0 aliphatic heterocycles. The number of benzene rings is 1. The molecule has 7 heteroatoms. The van der Waals surface area contributed by atoms with Gasteiger partial charge in [-0.05, 0) is 50.5 Å². The van der Waals surface area contributed by atoms with Crippen molar-refractivity contribution < 1.29 is 9.52 Å². The highest BCUT2D eigenvalue weighted by Crippen LogP contribution is 2.37. The van der Waals surface area contributed by atoms with Gasteiger partial charge in [0.2, 0.25) is 0 Å². The third-order valence-electron chi connectivity index (χ3n) is 4.23. The van der Waals surface area contributed by atoms with Crippen molar-refractivity contribution in [2.75, 3.05) is 14.1 Å². The van der Waals surface area contributed by atoms with Crippen molar-refractivity contribution in [2.45, 2.75) is 6.54 Å². The molecule has 3 aromatic heterocycles. The van der Waals surface area contributed by atoms with Gasteiger partial charge < -0.3 is 14.4 Å². The zero-order valence-corrected chi connectivity index (χ0v) is 14.9. The third-order valence-corrected chi connectivity index (χ3v) is 4.23. The smallest absolute Gasteiger partial charge is 0.156 e. The second kappa shape index (κ2) is 6.59. The molecule has 134 valence electrons. The summed E-state index contributed by atoms with van der Waals surface area (Å²) in [7, 11) is 3.93. The number of nitrogens with zero attached hydrogens (tertiary/aromatic N) is 4. The highest BCUT2D eigenvalue weighted by Gasteiger charge is 2.21. The van der Waals surface area contributed by atoms with Crippen LogP contribution in [0.1, 0.15) is 11.3 Å². The predicted octanol–water partition coefficient (Wildman–Crippen LogP) is 3.52. The van der Waals surface area contributed by atoms with Crippen molar-refractivity contribution in [2.24, 2.45) is 0 Å². The number of aromatic hydroxyl groups is 1. The van der Waals surface area contributed by atoms with Crippen molar-refractivity contribution in [3.05, 3.63) is 53.9 Å². The summed E-state index contributed by atoms with van der Waals surface area (Å²) in [6, 6.07) is 12.6. The van der Waals surface area contributed by atoms with Crippen molar-refractivity contribution in [3.63, 3.8) is 0 Å². The second-order valence-corrected chi connectivity index (χ2v) is 6.51. The molecule has 0 bridgehead atoms. The number of rotatable bonds is 4. The molecular weight excluding hydrogens is 342 g/mol. The van der Waals surface area contributed by atoms with Gasteiger partial charge in [-0.2, -0.15) is 10.4 Å². The highest BCUT2D eigenvalue weighted by molar-refractivity contribution is 5.97. The number of aromatic amines is 1. The van der Waals surface area contributed by atoms with E-state index < -0.39 is 0 Å². The summed E-state index contributed by atoms with van der Waals surface area (Å²) < 4.78 is 6.01. The van der Waals surface area contributed by atoms with Gasteiger partial charge >= 0.3 is 0 Å². The van der Waals surface area contributed by atoms with E-state index >= 15 is 0 Å². The molecule has 0 saturated heterocycles. The molecule has 2 N–H and O–H groups in total. The van der Waals surface area contributed by atoms with E-state index in [9.17, 15) is 10.4 Å². The van der Waals surface area contributed by atoms with Crippen molar-refractivity contribution >= 4 is 11.0 Å². The van der Waals surface area contributed by atoms with Gasteiger partial charge in [0, 0.05) is 11.1 Å². The van der Waals surface area contributed by atoms with Gasteiger partial charge in [-0.3, -0.25) is 5.10 Å². The topological polar surface area (TPSA) is 102 Å². The number of H-pyrrole nitrogens is 1. The van der Waals surface area contributed by atoms with Crippen molar-refractivity contribution in [1.82, 2.24) is 20.1 Å². The van der Waals surface area contributed by atoms with Crippen molar-refractivity contribution in [3.8, 4) is 34.4 Å². The van der Waals surface area contributed by atoms with Gasteiger partial charge in [0.05, 0.1) is 29.4 Å². The number of phenols is 1. The molecule has 0 fully saturated rings. The molecule has 0 saturated carbocycles. The SMILES string of the molecule is CN(C)Cc1ccc(-c2c(C#N)c(-c3ccc(O)cc3)nc3[nH]ncc23)o1. The van der Waals surface area contributed by atoms with E-state index in [1.54, 1.807) is 30.5 Å². The minimum atomic E-state index is 0.152. The lowest BCUT2D eigenvalue weighted by Crippen LogP contribution is -2.09. The molecule has 27 heavy (non-hydrogen) atoms. The van der Waals surface area contributed by atoms with Crippen LogP contribution in [0.3, 0.4) is 0 Å². The number of pyridine rings is 1. The maximum Gasteiger partial charge on any atom is 0.156 e. The first-order chi connectivity index (χ1) is 13.1. The average molecular weight is 359 g/mol. The van der Waals surface area contributed by atoms with E-state index in [0.717, 1.165) is 16.7 Å². The maximum absolute atomic E-state index is 9.91. The van der Waals surface area contributed by atoms with Crippen LogP contribution in [0.25, 0.3) is 33.6 Å². The normalized spacial score (nSPS) is 11.2. The Bertz CT molecular complexity index is 1150. The molecule has 0 aliphatic carbocycles. The number of hydrogen-bond acceptors (Lipinski definition) is 6. The quantitative estimate of drug-likeness (QED) is 0.578. The Hall–Kier alpha value is -3.63. The molecule has 0 radical (unpaired) electrons. The predicted molar refractivity (Wildman–Crippen MR) is 101 cm³/mol. The van der Waals surface area contributed by atoms with Crippen LogP contribution in [0.4, 0.5) is 0 Å². The number of furan rings is 1. The maximum atomic E-state index is 9.91. The first-order valence-corrected chi connectivity index (χ1v) is 8.37. The molecular formula is C20H17N5O2. The van der Waals surface area contributed by atoms with E-state index in [-0.39, 0.29) is 5.75 Å². The molecule has 0 atom stereocenters. The molecule has 0 amide bonds. The van der Waals surface area contributed by atoms with Gasteiger partial charge in [-0.15, -0.1) is 0 Å². The average Bonchev–Trinajstić information content (AvgIpc) is 3.29. The second-order valence-electron chi connectivity index (χ2n) is 6.51. The summed E-state index contributed by atoms with van der Waals surface area (Å²) in [5.41, 5.74) is 2.86. The number of nitriles is 1. The number of hydrogen-bond donors (Lipinski definition) is 2. The number of aromatic nitrogens is 3. The Morgan fingerprint density at radius 1 is 1.19 bits per heavy atom. The summed E-state index contributed by atoms with van der Waals surface area (Å²) in [5, 5.41) is 27.1. The largest absolute Gasteiger partial charge is 0.508 e. The van der Waals surface area contributed by atoms with Gasteiger partial charge in [0.1, 0.15) is 23.3 Å².